The fraction of sp³-hybridized carbons (Fsp3) is 0.200. The maximum Gasteiger partial charge on any atom is 0.435 e. The summed E-state index contributed by atoms with van der Waals surface area (Å²) in [5.41, 5.74) is 7.43. The minimum absolute atomic E-state index is 0.0700. The first-order valence-electron chi connectivity index (χ1n) is 8.58. The number of anilines is 1. The van der Waals surface area contributed by atoms with E-state index in [0.29, 0.717) is 35.5 Å². The van der Waals surface area contributed by atoms with E-state index >= 15 is 0 Å². The van der Waals surface area contributed by atoms with E-state index in [1.54, 1.807) is 48.5 Å². The van der Waals surface area contributed by atoms with Gasteiger partial charge in [-0.3, -0.25) is 4.79 Å². The molecule has 3 rings (SSSR count). The van der Waals surface area contributed by atoms with Crippen LogP contribution in [0.25, 0.3) is 16.9 Å². The maximum absolute atomic E-state index is 13.2. The highest BCUT2D eigenvalue weighted by molar-refractivity contribution is 5.66. The molecule has 146 valence electrons. The molecule has 0 amide bonds. The van der Waals surface area contributed by atoms with E-state index in [1.807, 2.05) is 0 Å². The van der Waals surface area contributed by atoms with E-state index in [4.69, 9.17) is 10.8 Å². The Balaban J connectivity index is 1.94. The molecule has 2 aromatic carbocycles. The number of aryl methyl sites for hydroxylation is 1. The number of carboxylic acid groups (broad SMARTS) is 1. The number of aliphatic carboxylic acids is 1. The van der Waals surface area contributed by atoms with Gasteiger partial charge in [-0.05, 0) is 48.7 Å². The van der Waals surface area contributed by atoms with Crippen molar-refractivity contribution in [3.05, 3.63) is 65.9 Å². The van der Waals surface area contributed by atoms with Gasteiger partial charge in [-0.15, -0.1) is 0 Å². The smallest absolute Gasteiger partial charge is 0.435 e. The third-order valence-corrected chi connectivity index (χ3v) is 4.24. The highest BCUT2D eigenvalue weighted by atomic mass is 19.4. The number of carbonyl (C=O) groups is 1. The molecular formula is C20H18F3N3O2. The number of hydrogen-bond acceptors (Lipinski definition) is 3. The molecule has 0 fully saturated rings. The second-order valence-corrected chi connectivity index (χ2v) is 6.36. The Morgan fingerprint density at radius 2 is 1.71 bits per heavy atom. The number of rotatable bonds is 6. The van der Waals surface area contributed by atoms with Crippen LogP contribution in [0.15, 0.2) is 54.6 Å². The average molecular weight is 389 g/mol. The molecule has 0 spiro atoms. The predicted octanol–water partition coefficient (Wildman–Crippen LogP) is 4.55. The van der Waals surface area contributed by atoms with Gasteiger partial charge in [-0.1, -0.05) is 24.3 Å². The summed E-state index contributed by atoms with van der Waals surface area (Å²) < 4.78 is 40.8. The monoisotopic (exact) mass is 389 g/mol. The van der Waals surface area contributed by atoms with Crippen molar-refractivity contribution in [3.63, 3.8) is 0 Å². The number of hydrogen-bond donors (Lipinski definition) is 2. The Hall–Kier alpha value is -3.29. The summed E-state index contributed by atoms with van der Waals surface area (Å²) in [6.07, 6.45) is -3.42. The van der Waals surface area contributed by atoms with Crippen molar-refractivity contribution < 1.29 is 23.1 Å². The zero-order valence-electron chi connectivity index (χ0n) is 14.8. The predicted molar refractivity (Wildman–Crippen MR) is 99.0 cm³/mol. The summed E-state index contributed by atoms with van der Waals surface area (Å²) in [4.78, 5) is 10.6. The summed E-state index contributed by atoms with van der Waals surface area (Å²) in [5.74, 6) is -0.858. The molecule has 0 radical (unpaired) electrons. The molecule has 8 heteroatoms. The Labute approximate surface area is 159 Å². The lowest BCUT2D eigenvalue weighted by atomic mass is 10.0. The lowest BCUT2D eigenvalue weighted by molar-refractivity contribution is -0.141. The van der Waals surface area contributed by atoms with Gasteiger partial charge in [0.15, 0.2) is 5.69 Å². The lowest BCUT2D eigenvalue weighted by Gasteiger charge is -2.09. The van der Waals surface area contributed by atoms with E-state index in [-0.39, 0.29) is 6.42 Å². The van der Waals surface area contributed by atoms with Crippen LogP contribution in [0, 0.1) is 0 Å². The zero-order chi connectivity index (χ0) is 20.3. The molecule has 0 aliphatic heterocycles. The quantitative estimate of drug-likeness (QED) is 0.606. The van der Waals surface area contributed by atoms with Crippen LogP contribution in [0.4, 0.5) is 18.9 Å². The number of nitrogens with two attached hydrogens (primary N) is 1. The summed E-state index contributed by atoms with van der Waals surface area (Å²) >= 11 is 0. The summed E-state index contributed by atoms with van der Waals surface area (Å²) in [6, 6.07) is 14.4. The Bertz CT molecular complexity index is 962. The van der Waals surface area contributed by atoms with Crippen molar-refractivity contribution in [2.75, 3.05) is 5.73 Å². The third-order valence-electron chi connectivity index (χ3n) is 4.24. The summed E-state index contributed by atoms with van der Waals surface area (Å²) in [7, 11) is 0. The highest BCUT2D eigenvalue weighted by Gasteiger charge is 2.35. The molecule has 0 unspecified atom stereocenters. The fourth-order valence-electron chi connectivity index (χ4n) is 2.82. The molecule has 0 saturated heterocycles. The number of nitrogens with zero attached hydrogens (tertiary/aromatic N) is 2. The maximum atomic E-state index is 13.2. The van der Waals surface area contributed by atoms with Crippen LogP contribution < -0.4 is 5.73 Å². The highest BCUT2D eigenvalue weighted by Crippen LogP contribution is 2.33. The van der Waals surface area contributed by atoms with Crippen LogP contribution >= 0.6 is 0 Å². The molecule has 3 N–H and O–H groups in total. The standard InChI is InChI=1S/C20H18F3N3O2/c21-20(22,23)18-12-17(26(25-18)16-10-8-15(24)9-11-16)14-6-4-13(5-7-14)2-1-3-19(27)28/h4-12H,1-3,24H2,(H,27,28). The van der Waals surface area contributed by atoms with Crippen LogP contribution in [-0.4, -0.2) is 20.9 Å². The Kier molecular flexibility index (Phi) is 5.39. The van der Waals surface area contributed by atoms with E-state index in [2.05, 4.69) is 5.10 Å². The van der Waals surface area contributed by atoms with E-state index in [0.717, 1.165) is 11.6 Å². The van der Waals surface area contributed by atoms with Crippen LogP contribution in [0.3, 0.4) is 0 Å². The second kappa shape index (κ2) is 7.75. The van der Waals surface area contributed by atoms with Crippen LogP contribution in [0.5, 0.6) is 0 Å². The Morgan fingerprint density at radius 3 is 2.29 bits per heavy atom. The zero-order valence-corrected chi connectivity index (χ0v) is 14.8. The fourth-order valence-corrected chi connectivity index (χ4v) is 2.82. The number of benzene rings is 2. The van der Waals surface area contributed by atoms with Gasteiger partial charge >= 0.3 is 12.1 Å². The largest absolute Gasteiger partial charge is 0.481 e. The normalized spacial score (nSPS) is 11.5. The molecule has 0 aliphatic carbocycles. The van der Waals surface area contributed by atoms with Gasteiger partial charge in [-0.2, -0.15) is 18.3 Å². The van der Waals surface area contributed by atoms with Gasteiger partial charge in [0.25, 0.3) is 0 Å². The van der Waals surface area contributed by atoms with Gasteiger partial charge in [0.1, 0.15) is 0 Å². The van der Waals surface area contributed by atoms with Crippen LogP contribution in [0.2, 0.25) is 0 Å². The molecule has 0 saturated carbocycles. The van der Waals surface area contributed by atoms with Crippen molar-refractivity contribution in [2.24, 2.45) is 0 Å². The van der Waals surface area contributed by atoms with Crippen molar-refractivity contribution >= 4 is 11.7 Å². The number of carboxylic acids is 1. The van der Waals surface area contributed by atoms with Crippen LogP contribution in [-0.2, 0) is 17.4 Å². The minimum Gasteiger partial charge on any atom is -0.481 e. The van der Waals surface area contributed by atoms with Crippen molar-refractivity contribution in [3.8, 4) is 16.9 Å². The molecule has 3 aromatic rings. The number of nitrogen functional groups attached to an aromatic ring is 1. The van der Waals surface area contributed by atoms with E-state index in [1.165, 1.54) is 4.68 Å². The van der Waals surface area contributed by atoms with Crippen molar-refractivity contribution in [1.29, 1.82) is 0 Å². The van der Waals surface area contributed by atoms with Gasteiger partial charge in [0.05, 0.1) is 11.4 Å². The molecule has 28 heavy (non-hydrogen) atoms. The summed E-state index contributed by atoms with van der Waals surface area (Å²) in [5, 5.41) is 12.4. The topological polar surface area (TPSA) is 81.1 Å². The first kappa shape index (κ1) is 19.5. The van der Waals surface area contributed by atoms with E-state index in [9.17, 15) is 18.0 Å². The summed E-state index contributed by atoms with van der Waals surface area (Å²) in [6.45, 7) is 0. The first-order chi connectivity index (χ1) is 13.2. The lowest BCUT2D eigenvalue weighted by Crippen LogP contribution is -2.07. The van der Waals surface area contributed by atoms with E-state index < -0.39 is 17.8 Å². The molecule has 0 bridgehead atoms. The molecule has 5 nitrogen and oxygen atoms in total. The van der Waals surface area contributed by atoms with Gasteiger partial charge in [0, 0.05) is 17.7 Å². The first-order valence-corrected chi connectivity index (χ1v) is 8.58. The molecule has 1 aromatic heterocycles. The van der Waals surface area contributed by atoms with Crippen LogP contribution in [0.1, 0.15) is 24.1 Å². The van der Waals surface area contributed by atoms with Gasteiger partial charge in [0.2, 0.25) is 0 Å². The number of halogens is 3. The van der Waals surface area contributed by atoms with Crippen molar-refractivity contribution in [1.82, 2.24) is 9.78 Å². The van der Waals surface area contributed by atoms with Gasteiger partial charge in [-0.25, -0.2) is 4.68 Å². The second-order valence-electron chi connectivity index (χ2n) is 6.36. The third kappa shape index (κ3) is 4.51. The van der Waals surface area contributed by atoms with Crippen molar-refractivity contribution in [2.45, 2.75) is 25.4 Å². The number of alkyl halides is 3. The molecule has 1 heterocycles. The molecule has 0 atom stereocenters. The minimum atomic E-state index is -4.56. The van der Waals surface area contributed by atoms with Gasteiger partial charge < -0.3 is 10.8 Å². The number of aromatic nitrogens is 2. The average Bonchev–Trinajstić information content (AvgIpc) is 3.08. The molecular weight excluding hydrogens is 371 g/mol. The molecule has 0 aliphatic rings. The Morgan fingerprint density at radius 1 is 1.07 bits per heavy atom. The SMILES string of the molecule is Nc1ccc(-n2nc(C(F)(F)F)cc2-c2ccc(CCCC(=O)O)cc2)cc1.